The van der Waals surface area contributed by atoms with Crippen molar-refractivity contribution >= 4 is 6.03 Å². The van der Waals surface area contributed by atoms with E-state index in [4.69, 9.17) is 0 Å². The van der Waals surface area contributed by atoms with Crippen molar-refractivity contribution in [2.45, 2.75) is 65.0 Å². The number of amides is 2. The lowest BCUT2D eigenvalue weighted by Crippen LogP contribution is -2.47. The largest absolute Gasteiger partial charge is 0.393 e. The molecule has 19 heavy (non-hydrogen) atoms. The number of nitrogens with one attached hydrogen (secondary N) is 2. The van der Waals surface area contributed by atoms with Crippen LogP contribution in [0.5, 0.6) is 0 Å². The summed E-state index contributed by atoms with van der Waals surface area (Å²) >= 11 is 0. The Hall–Kier alpha value is -0.770. The highest BCUT2D eigenvalue weighted by Crippen LogP contribution is 2.44. The molecule has 3 N–H and O–H groups in total. The lowest BCUT2D eigenvalue weighted by molar-refractivity contribution is 0.128. The van der Waals surface area contributed by atoms with Gasteiger partial charge in [0.15, 0.2) is 0 Å². The second-order valence-corrected chi connectivity index (χ2v) is 7.25. The van der Waals surface area contributed by atoms with Crippen molar-refractivity contribution in [3.63, 3.8) is 0 Å². The highest BCUT2D eigenvalue weighted by molar-refractivity contribution is 5.74. The van der Waals surface area contributed by atoms with Gasteiger partial charge in [-0.2, -0.15) is 0 Å². The number of aliphatic hydroxyl groups excluding tert-OH is 1. The quantitative estimate of drug-likeness (QED) is 0.663. The minimum absolute atomic E-state index is 0.0394. The molecule has 0 aromatic heterocycles. The van der Waals surface area contributed by atoms with Crippen molar-refractivity contribution < 1.29 is 9.90 Å². The fourth-order valence-corrected chi connectivity index (χ4v) is 2.93. The molecule has 0 aromatic carbocycles. The first-order valence-corrected chi connectivity index (χ1v) is 7.60. The van der Waals surface area contributed by atoms with Crippen molar-refractivity contribution in [2.24, 2.45) is 17.3 Å². The zero-order valence-corrected chi connectivity index (χ0v) is 12.4. The Morgan fingerprint density at radius 1 is 1.26 bits per heavy atom. The van der Waals surface area contributed by atoms with Crippen molar-refractivity contribution in [3.8, 4) is 0 Å². The summed E-state index contributed by atoms with van der Waals surface area (Å²) in [4.78, 5) is 12.0. The zero-order chi connectivity index (χ0) is 14.0. The monoisotopic (exact) mass is 268 g/mol. The summed E-state index contributed by atoms with van der Waals surface area (Å²) in [5.41, 5.74) is -0.0693. The number of aliphatic hydroxyl groups is 1. The second-order valence-electron chi connectivity index (χ2n) is 7.25. The lowest BCUT2D eigenvalue weighted by Gasteiger charge is -2.27. The molecule has 0 spiro atoms. The number of rotatable bonds is 7. The first kappa shape index (κ1) is 14.6. The van der Waals surface area contributed by atoms with E-state index in [9.17, 15) is 9.90 Å². The van der Waals surface area contributed by atoms with Gasteiger partial charge >= 0.3 is 6.03 Å². The van der Waals surface area contributed by atoms with Crippen LogP contribution in [0.25, 0.3) is 0 Å². The van der Waals surface area contributed by atoms with E-state index in [1.807, 2.05) is 0 Å². The third-order valence-corrected chi connectivity index (χ3v) is 4.13. The molecule has 2 fully saturated rings. The summed E-state index contributed by atoms with van der Waals surface area (Å²) < 4.78 is 0. The van der Waals surface area contributed by atoms with E-state index in [-0.39, 0.29) is 17.6 Å². The highest BCUT2D eigenvalue weighted by Gasteiger charge is 2.42. The molecule has 4 nitrogen and oxygen atoms in total. The summed E-state index contributed by atoms with van der Waals surface area (Å²) in [6.45, 7) is 6.53. The second kappa shape index (κ2) is 5.70. The van der Waals surface area contributed by atoms with Gasteiger partial charge in [-0.1, -0.05) is 13.8 Å². The normalized spacial score (nSPS) is 21.3. The van der Waals surface area contributed by atoms with Crippen molar-refractivity contribution in [1.29, 1.82) is 0 Å². The standard InChI is InChI=1S/C15H28N2O2/c1-10(18)8-15(2,3)9-16-14(19)17-13(11-4-5-11)12-6-7-12/h10-13,18H,4-9H2,1-3H3,(H2,16,17,19). The average Bonchev–Trinajstić information content (AvgIpc) is 3.14. The Balaban J connectivity index is 1.71. The van der Waals surface area contributed by atoms with E-state index < -0.39 is 0 Å². The van der Waals surface area contributed by atoms with Crippen LogP contribution in [0.3, 0.4) is 0 Å². The van der Waals surface area contributed by atoms with Gasteiger partial charge < -0.3 is 15.7 Å². The topological polar surface area (TPSA) is 61.4 Å². The molecule has 2 saturated carbocycles. The van der Waals surface area contributed by atoms with Gasteiger partial charge in [0.25, 0.3) is 0 Å². The number of hydrogen-bond acceptors (Lipinski definition) is 2. The molecule has 2 aliphatic rings. The molecule has 0 radical (unpaired) electrons. The summed E-state index contributed by atoms with van der Waals surface area (Å²) in [6, 6.07) is 0.363. The van der Waals surface area contributed by atoms with Crippen LogP contribution in [-0.4, -0.2) is 29.8 Å². The van der Waals surface area contributed by atoms with Gasteiger partial charge in [-0.15, -0.1) is 0 Å². The number of carbonyl (C=O) groups excluding carboxylic acids is 1. The maximum absolute atomic E-state index is 12.0. The minimum atomic E-state index is -0.328. The van der Waals surface area contributed by atoms with Gasteiger partial charge in [-0.25, -0.2) is 4.79 Å². The molecule has 1 unspecified atom stereocenters. The number of carbonyl (C=O) groups is 1. The van der Waals surface area contributed by atoms with Gasteiger partial charge in [0.1, 0.15) is 0 Å². The van der Waals surface area contributed by atoms with Crippen LogP contribution in [-0.2, 0) is 0 Å². The molecular formula is C15H28N2O2. The third-order valence-electron chi connectivity index (χ3n) is 4.13. The molecular weight excluding hydrogens is 240 g/mol. The van der Waals surface area contributed by atoms with E-state index in [0.29, 0.717) is 19.0 Å². The summed E-state index contributed by atoms with van der Waals surface area (Å²) in [6.07, 6.45) is 5.46. The Kier molecular flexibility index (Phi) is 4.39. The first-order valence-electron chi connectivity index (χ1n) is 7.60. The van der Waals surface area contributed by atoms with Crippen LogP contribution in [0.2, 0.25) is 0 Å². The van der Waals surface area contributed by atoms with Crippen LogP contribution in [0, 0.1) is 17.3 Å². The Morgan fingerprint density at radius 3 is 2.21 bits per heavy atom. The SMILES string of the molecule is CC(O)CC(C)(C)CNC(=O)NC(C1CC1)C1CC1. The zero-order valence-electron chi connectivity index (χ0n) is 12.4. The Bertz CT molecular complexity index is 308. The van der Waals surface area contributed by atoms with Crippen LogP contribution >= 0.6 is 0 Å². The van der Waals surface area contributed by atoms with Crippen molar-refractivity contribution in [1.82, 2.24) is 10.6 Å². The van der Waals surface area contributed by atoms with E-state index in [1.165, 1.54) is 25.7 Å². The van der Waals surface area contributed by atoms with Crippen LogP contribution in [0.15, 0.2) is 0 Å². The maximum Gasteiger partial charge on any atom is 0.315 e. The number of urea groups is 1. The van der Waals surface area contributed by atoms with Gasteiger partial charge in [0, 0.05) is 12.6 Å². The van der Waals surface area contributed by atoms with Crippen molar-refractivity contribution in [3.05, 3.63) is 0 Å². The highest BCUT2D eigenvalue weighted by atomic mass is 16.3. The molecule has 110 valence electrons. The summed E-state index contributed by atoms with van der Waals surface area (Å²) in [7, 11) is 0. The van der Waals surface area contributed by atoms with Gasteiger partial charge in [-0.3, -0.25) is 0 Å². The molecule has 0 aromatic rings. The molecule has 0 heterocycles. The van der Waals surface area contributed by atoms with E-state index in [0.717, 1.165) is 11.8 Å². The molecule has 0 saturated heterocycles. The van der Waals surface area contributed by atoms with Gasteiger partial charge in [-0.05, 0) is 56.3 Å². The van der Waals surface area contributed by atoms with Gasteiger partial charge in [0.2, 0.25) is 0 Å². The van der Waals surface area contributed by atoms with E-state index in [2.05, 4.69) is 24.5 Å². The fourth-order valence-electron chi connectivity index (χ4n) is 2.93. The van der Waals surface area contributed by atoms with Crippen LogP contribution < -0.4 is 10.6 Å². The molecule has 2 amide bonds. The molecule has 4 heteroatoms. The minimum Gasteiger partial charge on any atom is -0.393 e. The predicted molar refractivity (Wildman–Crippen MR) is 75.8 cm³/mol. The van der Waals surface area contributed by atoms with Crippen molar-refractivity contribution in [2.75, 3.05) is 6.54 Å². The van der Waals surface area contributed by atoms with Gasteiger partial charge in [0.05, 0.1) is 6.10 Å². The average molecular weight is 268 g/mol. The molecule has 2 aliphatic carbocycles. The van der Waals surface area contributed by atoms with Crippen LogP contribution in [0.1, 0.15) is 52.9 Å². The fraction of sp³-hybridized carbons (Fsp3) is 0.933. The predicted octanol–water partition coefficient (Wildman–Crippen LogP) is 2.27. The molecule has 0 bridgehead atoms. The summed E-state index contributed by atoms with van der Waals surface area (Å²) in [5.74, 6) is 1.45. The molecule has 1 atom stereocenters. The third kappa shape index (κ3) is 5.01. The summed E-state index contributed by atoms with van der Waals surface area (Å²) in [5, 5.41) is 15.5. The molecule has 2 rings (SSSR count). The first-order chi connectivity index (χ1) is 8.87. The maximum atomic E-state index is 12.0. The molecule has 0 aliphatic heterocycles. The van der Waals surface area contributed by atoms with Crippen LogP contribution in [0.4, 0.5) is 4.79 Å². The van der Waals surface area contributed by atoms with E-state index >= 15 is 0 Å². The Labute approximate surface area is 116 Å². The number of hydrogen-bond donors (Lipinski definition) is 3. The Morgan fingerprint density at radius 2 is 1.79 bits per heavy atom. The van der Waals surface area contributed by atoms with E-state index in [1.54, 1.807) is 6.92 Å². The lowest BCUT2D eigenvalue weighted by atomic mass is 9.87. The smallest absolute Gasteiger partial charge is 0.315 e.